The molecule has 0 N–H and O–H groups in total. The molecule has 2 aliphatic rings. The highest BCUT2D eigenvalue weighted by molar-refractivity contribution is 6.26. The normalized spacial score (nSPS) is 18.8. The van der Waals surface area contributed by atoms with Crippen LogP contribution in [0.15, 0.2) is 52.9 Å². The van der Waals surface area contributed by atoms with Crippen molar-refractivity contribution in [3.8, 4) is 17.2 Å². The second kappa shape index (κ2) is 6.42. The summed E-state index contributed by atoms with van der Waals surface area (Å²) in [4.78, 5) is 32.0. The molecule has 5 rings (SSSR count). The Balaban J connectivity index is 1.48. The first-order valence-corrected chi connectivity index (χ1v) is 9.25. The molecule has 1 fully saturated rings. The minimum Gasteiger partial charge on any atom is -0.489 e. The number of likely N-dealkylation sites (N-methyl/N-ethyl adjacent to an activating group) is 1. The van der Waals surface area contributed by atoms with E-state index in [9.17, 15) is 9.59 Å². The summed E-state index contributed by atoms with van der Waals surface area (Å²) in [5.74, 6) is 0.359. The van der Waals surface area contributed by atoms with Gasteiger partial charge in [-0.1, -0.05) is 30.3 Å². The van der Waals surface area contributed by atoms with Crippen molar-refractivity contribution in [2.24, 2.45) is 0 Å². The van der Waals surface area contributed by atoms with E-state index in [1.54, 1.807) is 24.3 Å². The van der Waals surface area contributed by atoms with Crippen LogP contribution in [0.4, 0.5) is 0 Å². The molecule has 1 aromatic heterocycles. The number of carbonyl (C=O) groups excluding carboxylic acids is 2. The molecule has 1 atom stereocenters. The van der Waals surface area contributed by atoms with Crippen LogP contribution in [-0.4, -0.2) is 47.7 Å². The molecule has 3 aromatic rings. The molecule has 0 saturated carbocycles. The SMILES string of the molecule is CN1CC[C@@H](Oc2cccc(-c3nc4c(o3)C(=O)c3ccccc3C4=O)c2)C1. The number of benzene rings is 2. The van der Waals surface area contributed by atoms with Gasteiger partial charge in [0, 0.05) is 29.8 Å². The quantitative estimate of drug-likeness (QED) is 0.548. The average Bonchev–Trinajstić information content (AvgIpc) is 3.33. The zero-order valence-corrected chi connectivity index (χ0v) is 15.3. The summed E-state index contributed by atoms with van der Waals surface area (Å²) in [5.41, 5.74) is 1.46. The first-order chi connectivity index (χ1) is 13.6. The molecule has 6 heteroatoms. The summed E-state index contributed by atoms with van der Waals surface area (Å²) in [6.07, 6.45) is 1.13. The third-order valence-electron chi connectivity index (χ3n) is 5.20. The van der Waals surface area contributed by atoms with E-state index in [0.29, 0.717) is 16.7 Å². The highest BCUT2D eigenvalue weighted by atomic mass is 16.5. The molecule has 1 saturated heterocycles. The van der Waals surface area contributed by atoms with Gasteiger partial charge in [-0.15, -0.1) is 0 Å². The van der Waals surface area contributed by atoms with Crippen LogP contribution >= 0.6 is 0 Å². The molecule has 0 unspecified atom stereocenters. The summed E-state index contributed by atoms with van der Waals surface area (Å²) >= 11 is 0. The van der Waals surface area contributed by atoms with Crippen LogP contribution in [0.1, 0.15) is 38.6 Å². The molecule has 1 aliphatic carbocycles. The number of oxazole rings is 1. The van der Waals surface area contributed by atoms with Gasteiger partial charge in [0.2, 0.25) is 23.2 Å². The van der Waals surface area contributed by atoms with Gasteiger partial charge in [-0.05, 0) is 31.7 Å². The molecule has 6 nitrogen and oxygen atoms in total. The van der Waals surface area contributed by atoms with Crippen LogP contribution < -0.4 is 4.74 Å². The van der Waals surface area contributed by atoms with E-state index in [-0.39, 0.29) is 35.0 Å². The fourth-order valence-corrected chi connectivity index (χ4v) is 3.77. The predicted molar refractivity (Wildman–Crippen MR) is 102 cm³/mol. The van der Waals surface area contributed by atoms with E-state index in [4.69, 9.17) is 9.15 Å². The van der Waals surface area contributed by atoms with Crippen molar-refractivity contribution in [3.63, 3.8) is 0 Å². The molecule has 0 radical (unpaired) electrons. The highest BCUT2D eigenvalue weighted by Gasteiger charge is 2.35. The van der Waals surface area contributed by atoms with Crippen molar-refractivity contribution < 1.29 is 18.7 Å². The van der Waals surface area contributed by atoms with Gasteiger partial charge < -0.3 is 14.1 Å². The van der Waals surface area contributed by atoms with Crippen LogP contribution in [0.5, 0.6) is 5.75 Å². The monoisotopic (exact) mass is 374 g/mol. The van der Waals surface area contributed by atoms with Crippen LogP contribution in [-0.2, 0) is 0 Å². The lowest BCUT2D eigenvalue weighted by Crippen LogP contribution is -2.21. The largest absolute Gasteiger partial charge is 0.489 e. The summed E-state index contributed by atoms with van der Waals surface area (Å²) in [6.45, 7) is 1.90. The van der Waals surface area contributed by atoms with Gasteiger partial charge in [0.15, 0.2) is 5.69 Å². The number of ketones is 2. The van der Waals surface area contributed by atoms with Gasteiger partial charge >= 0.3 is 0 Å². The molecule has 0 bridgehead atoms. The fraction of sp³-hybridized carbons (Fsp3) is 0.227. The van der Waals surface area contributed by atoms with Gasteiger partial charge in [-0.25, -0.2) is 4.98 Å². The smallest absolute Gasteiger partial charge is 0.231 e. The Bertz CT molecular complexity index is 1050. The van der Waals surface area contributed by atoms with E-state index in [1.807, 2.05) is 24.3 Å². The Morgan fingerprint density at radius 3 is 2.61 bits per heavy atom. The van der Waals surface area contributed by atoms with E-state index in [2.05, 4.69) is 16.9 Å². The maximum absolute atomic E-state index is 12.7. The number of carbonyl (C=O) groups is 2. The Morgan fingerprint density at radius 1 is 1.07 bits per heavy atom. The number of ether oxygens (including phenoxy) is 1. The van der Waals surface area contributed by atoms with Crippen LogP contribution in [0.3, 0.4) is 0 Å². The van der Waals surface area contributed by atoms with Crippen LogP contribution in [0.2, 0.25) is 0 Å². The summed E-state index contributed by atoms with van der Waals surface area (Å²) in [6, 6.07) is 14.1. The number of hydrogen-bond donors (Lipinski definition) is 0. The molecule has 1 aliphatic heterocycles. The van der Waals surface area contributed by atoms with Crippen LogP contribution in [0.25, 0.3) is 11.5 Å². The first kappa shape index (κ1) is 16.9. The average molecular weight is 374 g/mol. The number of nitrogens with zero attached hydrogens (tertiary/aromatic N) is 2. The number of aromatic nitrogens is 1. The van der Waals surface area contributed by atoms with Crippen LogP contribution in [0, 0.1) is 0 Å². The number of rotatable bonds is 3. The van der Waals surface area contributed by atoms with Gasteiger partial charge in [0.25, 0.3) is 0 Å². The number of hydrogen-bond acceptors (Lipinski definition) is 6. The Hall–Kier alpha value is -3.25. The Morgan fingerprint density at radius 2 is 1.86 bits per heavy atom. The Labute approximate surface area is 161 Å². The molecular weight excluding hydrogens is 356 g/mol. The van der Waals surface area contributed by atoms with Crippen molar-refractivity contribution in [1.82, 2.24) is 9.88 Å². The van der Waals surface area contributed by atoms with Gasteiger partial charge in [0.05, 0.1) is 0 Å². The minimum atomic E-state index is -0.314. The Kier molecular flexibility index (Phi) is 3.87. The number of fused-ring (bicyclic) bond motifs is 2. The van der Waals surface area contributed by atoms with Crippen molar-refractivity contribution in [2.75, 3.05) is 20.1 Å². The topological polar surface area (TPSA) is 72.6 Å². The van der Waals surface area contributed by atoms with Gasteiger partial charge in [0.1, 0.15) is 11.9 Å². The third kappa shape index (κ3) is 2.73. The second-order valence-electron chi connectivity index (χ2n) is 7.22. The lowest BCUT2D eigenvalue weighted by molar-refractivity contribution is 0.0959. The molecule has 2 heterocycles. The molecular formula is C22H18N2O4. The lowest BCUT2D eigenvalue weighted by atomic mass is 9.91. The van der Waals surface area contributed by atoms with Gasteiger partial charge in [-0.3, -0.25) is 9.59 Å². The maximum Gasteiger partial charge on any atom is 0.231 e. The van der Waals surface area contributed by atoms with Crippen molar-refractivity contribution >= 4 is 11.6 Å². The maximum atomic E-state index is 12.7. The lowest BCUT2D eigenvalue weighted by Gasteiger charge is -2.14. The second-order valence-corrected chi connectivity index (χ2v) is 7.22. The fourth-order valence-electron chi connectivity index (χ4n) is 3.77. The molecule has 28 heavy (non-hydrogen) atoms. The summed E-state index contributed by atoms with van der Waals surface area (Å²) < 4.78 is 11.8. The van der Waals surface area contributed by atoms with E-state index >= 15 is 0 Å². The summed E-state index contributed by atoms with van der Waals surface area (Å²) in [5, 5.41) is 0. The predicted octanol–water partition coefficient (Wildman–Crippen LogP) is 3.20. The van der Waals surface area contributed by atoms with Crippen molar-refractivity contribution in [2.45, 2.75) is 12.5 Å². The number of likely N-dealkylation sites (tertiary alicyclic amines) is 1. The molecule has 0 amide bonds. The molecule has 2 aromatic carbocycles. The summed E-state index contributed by atoms with van der Waals surface area (Å²) in [7, 11) is 2.07. The van der Waals surface area contributed by atoms with E-state index in [1.165, 1.54) is 0 Å². The molecule has 0 spiro atoms. The van der Waals surface area contributed by atoms with E-state index in [0.717, 1.165) is 25.3 Å². The molecule has 140 valence electrons. The zero-order chi connectivity index (χ0) is 19.3. The van der Waals surface area contributed by atoms with Crippen molar-refractivity contribution in [3.05, 3.63) is 71.1 Å². The van der Waals surface area contributed by atoms with Gasteiger partial charge in [-0.2, -0.15) is 0 Å². The third-order valence-corrected chi connectivity index (χ3v) is 5.20. The van der Waals surface area contributed by atoms with Crippen molar-refractivity contribution in [1.29, 1.82) is 0 Å². The zero-order valence-electron chi connectivity index (χ0n) is 15.3. The minimum absolute atomic E-state index is 0.00226. The first-order valence-electron chi connectivity index (χ1n) is 9.25. The van der Waals surface area contributed by atoms with E-state index < -0.39 is 0 Å². The standard InChI is InChI=1S/C22H18N2O4/c1-24-10-9-15(12-24)27-14-6-4-5-13(11-14)22-23-18-19(25)16-7-2-3-8-17(16)20(26)21(18)28-22/h2-8,11,15H,9-10,12H2,1H3/t15-/m1/s1. The highest BCUT2D eigenvalue weighted by Crippen LogP contribution is 2.32.